The van der Waals surface area contributed by atoms with Gasteiger partial charge in [0.1, 0.15) is 5.54 Å². The van der Waals surface area contributed by atoms with Crippen LogP contribution in [0.5, 0.6) is 0 Å². The summed E-state index contributed by atoms with van der Waals surface area (Å²) in [5, 5.41) is 0. The van der Waals surface area contributed by atoms with Gasteiger partial charge in [-0.3, -0.25) is 9.36 Å². The number of nitrogens with zero attached hydrogens (tertiary/aromatic N) is 4. The largest absolute Gasteiger partial charge is 0.462 e. The second kappa shape index (κ2) is 11.9. The van der Waals surface area contributed by atoms with E-state index in [4.69, 9.17) is 4.74 Å². The quantitative estimate of drug-likeness (QED) is 0.305. The lowest BCUT2D eigenvalue weighted by Crippen LogP contribution is -2.56. The summed E-state index contributed by atoms with van der Waals surface area (Å²) in [4.78, 5) is 48.4. The Morgan fingerprint density at radius 3 is 2.48 bits per heavy atom. The number of carbonyl (C=O) groups excluding carboxylic acids is 2. The van der Waals surface area contributed by atoms with Crippen LogP contribution in [0.2, 0.25) is 0 Å². The topological polar surface area (TPSA) is 90.9 Å². The van der Waals surface area contributed by atoms with Gasteiger partial charge in [0.15, 0.2) is 0 Å². The highest BCUT2D eigenvalue weighted by atomic mass is 16.5. The average Bonchev–Trinajstić information content (AvgIpc) is 3.47. The number of piperidine rings is 1. The van der Waals surface area contributed by atoms with Crippen molar-refractivity contribution in [1.29, 1.82) is 0 Å². The number of aromatic amines is 1. The number of nitrogens with one attached hydrogen (secondary N) is 1. The third-order valence-corrected chi connectivity index (χ3v) is 8.61. The molecule has 2 fully saturated rings. The van der Waals surface area contributed by atoms with Crippen LogP contribution in [0.1, 0.15) is 42.1 Å². The predicted octanol–water partition coefficient (Wildman–Crippen LogP) is 4.24. The average molecular weight is 568 g/mol. The van der Waals surface area contributed by atoms with Crippen LogP contribution >= 0.6 is 0 Å². The zero-order valence-electron chi connectivity index (χ0n) is 24.0. The van der Waals surface area contributed by atoms with Gasteiger partial charge in [-0.05, 0) is 74.7 Å². The summed E-state index contributed by atoms with van der Waals surface area (Å²) >= 11 is 0. The molecule has 0 atom stereocenters. The first-order valence-electron chi connectivity index (χ1n) is 14.8. The van der Waals surface area contributed by atoms with Crippen molar-refractivity contribution in [2.45, 2.75) is 44.8 Å². The van der Waals surface area contributed by atoms with E-state index in [1.807, 2.05) is 70.1 Å². The third-order valence-electron chi connectivity index (χ3n) is 8.61. The van der Waals surface area contributed by atoms with Crippen molar-refractivity contribution in [2.75, 3.05) is 37.8 Å². The van der Waals surface area contributed by atoms with Crippen molar-refractivity contribution >= 4 is 28.6 Å². The van der Waals surface area contributed by atoms with Gasteiger partial charge in [-0.2, -0.15) is 0 Å². The molecule has 0 unspecified atom stereocenters. The number of aromatic nitrogens is 2. The molecule has 0 saturated carbocycles. The van der Waals surface area contributed by atoms with E-state index in [-0.39, 0.29) is 17.6 Å². The molecule has 0 aliphatic carbocycles. The van der Waals surface area contributed by atoms with Crippen molar-refractivity contribution in [1.82, 2.24) is 19.4 Å². The summed E-state index contributed by atoms with van der Waals surface area (Å²) in [6.07, 6.45) is 2.31. The van der Waals surface area contributed by atoms with Crippen LogP contribution in [0, 0.1) is 0 Å². The highest BCUT2D eigenvalue weighted by Crippen LogP contribution is 2.40. The maximum absolute atomic E-state index is 14.2. The van der Waals surface area contributed by atoms with Crippen molar-refractivity contribution in [3.63, 3.8) is 0 Å². The van der Waals surface area contributed by atoms with Crippen molar-refractivity contribution in [2.24, 2.45) is 0 Å². The maximum Gasteiger partial charge on any atom is 0.338 e. The van der Waals surface area contributed by atoms with Crippen LogP contribution in [-0.4, -0.2) is 69.7 Å². The number of likely N-dealkylation sites (tertiary alicyclic amines) is 1. The molecule has 3 aromatic carbocycles. The van der Waals surface area contributed by atoms with Gasteiger partial charge in [-0.25, -0.2) is 9.59 Å². The number of benzene rings is 3. The molecule has 2 aliphatic rings. The van der Waals surface area contributed by atoms with Crippen molar-refractivity contribution in [3.8, 4) is 0 Å². The Bertz CT molecular complexity index is 1620. The fourth-order valence-electron chi connectivity index (χ4n) is 6.48. The summed E-state index contributed by atoms with van der Waals surface area (Å²) in [5.74, 6) is -0.214. The van der Waals surface area contributed by atoms with E-state index in [1.165, 1.54) is 0 Å². The van der Waals surface area contributed by atoms with Crippen LogP contribution in [0.3, 0.4) is 0 Å². The molecular formula is C33H37N5O4. The molecule has 1 amide bonds. The number of fused-ring (bicyclic) bond motifs is 1. The number of ether oxygens (including phenoxy) is 1. The first-order valence-corrected chi connectivity index (χ1v) is 14.8. The number of rotatable bonds is 9. The van der Waals surface area contributed by atoms with Gasteiger partial charge in [0.25, 0.3) is 0 Å². The van der Waals surface area contributed by atoms with E-state index in [1.54, 1.807) is 13.0 Å². The SMILES string of the molecule is CCOC(=O)c1cccc(CN2CN(c3ccccc3)C3(CCN(CCCn4c(=O)[nH]c5ccccc54)CC3)C2=O)c1. The Labute approximate surface area is 245 Å². The third kappa shape index (κ3) is 5.32. The predicted molar refractivity (Wildman–Crippen MR) is 162 cm³/mol. The number of aryl methyl sites for hydroxylation is 1. The second-order valence-corrected chi connectivity index (χ2v) is 11.2. The minimum absolute atomic E-state index is 0.0725. The van der Waals surface area contributed by atoms with Gasteiger partial charge in [0, 0.05) is 31.9 Å². The van der Waals surface area contributed by atoms with E-state index in [0.717, 1.165) is 61.2 Å². The van der Waals surface area contributed by atoms with E-state index in [2.05, 4.69) is 26.9 Å². The number of hydrogen-bond acceptors (Lipinski definition) is 6. The number of anilines is 1. The van der Waals surface area contributed by atoms with E-state index >= 15 is 0 Å². The highest BCUT2D eigenvalue weighted by molar-refractivity contribution is 5.94. The Morgan fingerprint density at radius 2 is 1.69 bits per heavy atom. The van der Waals surface area contributed by atoms with E-state index in [0.29, 0.717) is 31.9 Å². The Balaban J connectivity index is 1.14. The zero-order valence-corrected chi connectivity index (χ0v) is 24.0. The molecule has 9 nitrogen and oxygen atoms in total. The summed E-state index contributed by atoms with van der Waals surface area (Å²) in [6, 6.07) is 25.3. The molecule has 3 heterocycles. The molecule has 9 heteroatoms. The molecular weight excluding hydrogens is 530 g/mol. The molecule has 1 N–H and O–H groups in total. The summed E-state index contributed by atoms with van der Waals surface area (Å²) in [5.41, 5.74) is 3.56. The monoisotopic (exact) mass is 567 g/mol. The van der Waals surface area contributed by atoms with Crippen LogP contribution in [0.25, 0.3) is 11.0 Å². The molecule has 1 spiro atoms. The maximum atomic E-state index is 14.2. The number of esters is 1. The summed E-state index contributed by atoms with van der Waals surface area (Å²) in [6.45, 7) is 6.17. The van der Waals surface area contributed by atoms with Gasteiger partial charge in [-0.15, -0.1) is 0 Å². The minimum Gasteiger partial charge on any atom is -0.462 e. The molecule has 2 saturated heterocycles. The fourth-order valence-corrected chi connectivity index (χ4v) is 6.48. The lowest BCUT2D eigenvalue weighted by molar-refractivity contribution is -0.134. The van der Waals surface area contributed by atoms with Crippen molar-refractivity contribution in [3.05, 3.63) is 100 Å². The number of para-hydroxylation sites is 3. The Hall–Kier alpha value is -4.37. The number of carbonyl (C=O) groups is 2. The summed E-state index contributed by atoms with van der Waals surface area (Å²) in [7, 11) is 0. The standard InChI is InChI=1S/C33H37N5O4/c1-2-42-30(39)26-11-8-10-25(22-26)23-36-24-38(27-12-4-3-5-13-27)33(31(36)40)16-20-35(21-17-33)18-9-19-37-29-15-7-6-14-28(29)34-32(37)41/h3-8,10-15,22H,2,9,16-21,23-24H2,1H3,(H,34,41). The van der Waals surface area contributed by atoms with Gasteiger partial charge < -0.3 is 24.4 Å². The van der Waals surface area contributed by atoms with E-state index in [9.17, 15) is 14.4 Å². The molecule has 4 aromatic rings. The van der Waals surface area contributed by atoms with Crippen LogP contribution in [0.4, 0.5) is 5.69 Å². The normalized spacial score (nSPS) is 16.9. The van der Waals surface area contributed by atoms with Gasteiger partial charge in [0.2, 0.25) is 5.91 Å². The van der Waals surface area contributed by atoms with E-state index < -0.39 is 5.54 Å². The molecule has 2 aliphatic heterocycles. The Morgan fingerprint density at radius 1 is 0.929 bits per heavy atom. The van der Waals surface area contributed by atoms with Gasteiger partial charge >= 0.3 is 11.7 Å². The molecule has 42 heavy (non-hydrogen) atoms. The fraction of sp³-hybridized carbons (Fsp3) is 0.364. The molecule has 1 aromatic heterocycles. The number of hydrogen-bond donors (Lipinski definition) is 1. The van der Waals surface area contributed by atoms with Gasteiger partial charge in [-0.1, -0.05) is 42.5 Å². The Kier molecular flexibility index (Phi) is 7.84. The summed E-state index contributed by atoms with van der Waals surface area (Å²) < 4.78 is 6.98. The number of amides is 1. The number of H-pyrrole nitrogens is 1. The number of imidazole rings is 1. The van der Waals surface area contributed by atoms with Crippen LogP contribution in [-0.2, 0) is 22.6 Å². The lowest BCUT2D eigenvalue weighted by Gasteiger charge is -2.43. The van der Waals surface area contributed by atoms with Crippen molar-refractivity contribution < 1.29 is 14.3 Å². The second-order valence-electron chi connectivity index (χ2n) is 11.2. The molecule has 218 valence electrons. The first-order chi connectivity index (χ1) is 20.5. The highest BCUT2D eigenvalue weighted by Gasteiger charge is 2.53. The molecule has 6 rings (SSSR count). The zero-order chi connectivity index (χ0) is 29.1. The first kappa shape index (κ1) is 27.8. The lowest BCUT2D eigenvalue weighted by atomic mass is 9.85. The van der Waals surface area contributed by atoms with Crippen LogP contribution < -0.4 is 10.6 Å². The van der Waals surface area contributed by atoms with Crippen LogP contribution in [0.15, 0.2) is 83.7 Å². The van der Waals surface area contributed by atoms with Gasteiger partial charge in [0.05, 0.1) is 29.9 Å². The molecule has 0 radical (unpaired) electrons. The minimum atomic E-state index is -0.607. The smallest absolute Gasteiger partial charge is 0.338 e. The molecule has 0 bridgehead atoms.